The van der Waals surface area contributed by atoms with Crippen molar-refractivity contribution in [3.63, 3.8) is 0 Å². The fourth-order valence-electron chi connectivity index (χ4n) is 1.50. The first kappa shape index (κ1) is 11.4. The van der Waals surface area contributed by atoms with Gasteiger partial charge in [-0.05, 0) is 41.9 Å². The van der Waals surface area contributed by atoms with Crippen LogP contribution in [0.4, 0.5) is 4.39 Å². The van der Waals surface area contributed by atoms with Crippen molar-refractivity contribution in [2.75, 3.05) is 0 Å². The molecule has 3 nitrogen and oxygen atoms in total. The number of hydrogen-bond acceptors (Lipinski definition) is 4. The first-order valence-corrected chi connectivity index (χ1v) is 6.22. The van der Waals surface area contributed by atoms with Crippen LogP contribution in [0.25, 0.3) is 22.2 Å². The number of nitrogens with zero attached hydrogens (tertiary/aromatic N) is 2. The fraction of sp³-hybridized carbons (Fsp3) is 0. The summed E-state index contributed by atoms with van der Waals surface area (Å²) in [4.78, 5) is 4.24. The molecule has 6 heteroatoms. The lowest BCUT2D eigenvalue weighted by atomic mass is 10.2. The van der Waals surface area contributed by atoms with Gasteiger partial charge < -0.3 is 4.42 Å². The van der Waals surface area contributed by atoms with Crippen LogP contribution in [-0.2, 0) is 0 Å². The van der Waals surface area contributed by atoms with Gasteiger partial charge in [0.1, 0.15) is 5.82 Å². The molecule has 0 bridgehead atoms. The molecule has 2 heterocycles. The highest BCUT2D eigenvalue weighted by Gasteiger charge is 2.13. The molecule has 3 rings (SSSR count). The zero-order valence-electron chi connectivity index (χ0n) is 8.93. The molecule has 1 aromatic carbocycles. The highest BCUT2D eigenvalue weighted by molar-refractivity contribution is 7.09. The summed E-state index contributed by atoms with van der Waals surface area (Å²) >= 11 is 6.86. The van der Waals surface area contributed by atoms with Crippen molar-refractivity contribution in [1.29, 1.82) is 0 Å². The molecule has 0 amide bonds. The Morgan fingerprint density at radius 2 is 2.17 bits per heavy atom. The van der Waals surface area contributed by atoms with Crippen LogP contribution in [0.15, 0.2) is 41.0 Å². The third kappa shape index (κ3) is 2.02. The molecule has 0 N–H and O–H groups in total. The van der Waals surface area contributed by atoms with E-state index in [2.05, 4.69) is 9.36 Å². The van der Waals surface area contributed by atoms with Gasteiger partial charge in [0.15, 0.2) is 16.6 Å². The second-order valence-electron chi connectivity index (χ2n) is 3.52. The van der Waals surface area contributed by atoms with Crippen molar-refractivity contribution in [3.05, 3.63) is 47.4 Å². The third-order valence-corrected chi connectivity index (χ3v) is 3.29. The summed E-state index contributed by atoms with van der Waals surface area (Å²) in [6, 6.07) is 7.95. The summed E-state index contributed by atoms with van der Waals surface area (Å²) in [5, 5.41) is 0.960. The molecule has 18 heavy (non-hydrogen) atoms. The average Bonchev–Trinajstić information content (AvgIpc) is 2.99. The zero-order valence-corrected chi connectivity index (χ0v) is 10.5. The number of hydrogen-bond donors (Lipinski definition) is 0. The Morgan fingerprint density at radius 3 is 2.89 bits per heavy atom. The van der Waals surface area contributed by atoms with Gasteiger partial charge in [0, 0.05) is 5.02 Å². The molecule has 90 valence electrons. The molecule has 3 aromatic rings. The van der Waals surface area contributed by atoms with Crippen molar-refractivity contribution in [3.8, 4) is 22.2 Å². The van der Waals surface area contributed by atoms with Gasteiger partial charge in [-0.25, -0.2) is 9.37 Å². The quantitative estimate of drug-likeness (QED) is 0.704. The van der Waals surface area contributed by atoms with Crippen molar-refractivity contribution in [1.82, 2.24) is 9.36 Å². The molecule has 0 atom stereocenters. The van der Waals surface area contributed by atoms with Crippen molar-refractivity contribution >= 4 is 23.1 Å². The van der Waals surface area contributed by atoms with E-state index in [0.717, 1.165) is 11.5 Å². The highest BCUT2D eigenvalue weighted by Crippen LogP contribution is 2.28. The lowest BCUT2D eigenvalue weighted by Gasteiger charge is -1.97. The summed E-state index contributed by atoms with van der Waals surface area (Å²) in [7, 11) is 0. The van der Waals surface area contributed by atoms with Crippen LogP contribution in [0.5, 0.6) is 0 Å². The van der Waals surface area contributed by atoms with Crippen LogP contribution in [0, 0.1) is 5.82 Å². The van der Waals surface area contributed by atoms with E-state index >= 15 is 0 Å². The number of halogens is 2. The van der Waals surface area contributed by atoms with Crippen molar-refractivity contribution < 1.29 is 8.81 Å². The Hall–Kier alpha value is -1.72. The van der Waals surface area contributed by atoms with E-state index in [-0.39, 0.29) is 0 Å². The SMILES string of the molecule is Fc1cc(Cl)ccc1-c1nsc(-c2ccco2)n1. The first-order chi connectivity index (χ1) is 8.74. The lowest BCUT2D eigenvalue weighted by molar-refractivity contribution is 0.582. The zero-order chi connectivity index (χ0) is 12.5. The van der Waals surface area contributed by atoms with Gasteiger partial charge in [-0.1, -0.05) is 11.6 Å². The van der Waals surface area contributed by atoms with E-state index in [0.29, 0.717) is 27.2 Å². The Labute approximate surface area is 111 Å². The molecule has 2 aromatic heterocycles. The van der Waals surface area contributed by atoms with E-state index in [4.69, 9.17) is 16.0 Å². The van der Waals surface area contributed by atoms with E-state index in [9.17, 15) is 4.39 Å². The molecular formula is C12H6ClFN2OS. The predicted octanol–water partition coefficient (Wildman–Crippen LogP) is 4.26. The van der Waals surface area contributed by atoms with Gasteiger partial charge in [-0.2, -0.15) is 4.37 Å². The molecule has 0 saturated carbocycles. The average molecular weight is 281 g/mol. The minimum Gasteiger partial charge on any atom is -0.462 e. The van der Waals surface area contributed by atoms with Crippen LogP contribution < -0.4 is 0 Å². The maximum absolute atomic E-state index is 13.7. The van der Waals surface area contributed by atoms with Crippen LogP contribution in [0.1, 0.15) is 0 Å². The Balaban J connectivity index is 2.03. The first-order valence-electron chi connectivity index (χ1n) is 5.07. The van der Waals surface area contributed by atoms with Gasteiger partial charge in [-0.15, -0.1) is 0 Å². The topological polar surface area (TPSA) is 38.9 Å². The van der Waals surface area contributed by atoms with E-state index in [1.807, 2.05) is 0 Å². The molecule has 0 fully saturated rings. The molecular weight excluding hydrogens is 275 g/mol. The monoisotopic (exact) mass is 280 g/mol. The summed E-state index contributed by atoms with van der Waals surface area (Å²) < 4.78 is 23.0. The normalized spacial score (nSPS) is 10.8. The molecule has 0 aliphatic rings. The van der Waals surface area contributed by atoms with Crippen LogP contribution in [0.2, 0.25) is 5.02 Å². The van der Waals surface area contributed by atoms with Crippen LogP contribution in [0.3, 0.4) is 0 Å². The summed E-state index contributed by atoms with van der Waals surface area (Å²) in [5.74, 6) is 0.514. The summed E-state index contributed by atoms with van der Waals surface area (Å²) in [6.45, 7) is 0. The summed E-state index contributed by atoms with van der Waals surface area (Å²) in [6.07, 6.45) is 1.55. The van der Waals surface area contributed by atoms with Crippen molar-refractivity contribution in [2.45, 2.75) is 0 Å². The smallest absolute Gasteiger partial charge is 0.179 e. The Morgan fingerprint density at radius 1 is 1.28 bits per heavy atom. The Bertz CT molecular complexity index is 681. The second kappa shape index (κ2) is 4.51. The number of aromatic nitrogens is 2. The molecule has 0 spiro atoms. The largest absolute Gasteiger partial charge is 0.462 e. The van der Waals surface area contributed by atoms with Gasteiger partial charge in [0.2, 0.25) is 0 Å². The van der Waals surface area contributed by atoms with E-state index in [1.165, 1.54) is 6.07 Å². The minimum absolute atomic E-state index is 0.327. The number of rotatable bonds is 2. The molecule has 0 saturated heterocycles. The number of benzene rings is 1. The molecule has 0 aliphatic carbocycles. The maximum Gasteiger partial charge on any atom is 0.179 e. The van der Waals surface area contributed by atoms with E-state index < -0.39 is 5.82 Å². The van der Waals surface area contributed by atoms with E-state index in [1.54, 1.807) is 30.5 Å². The molecule has 0 radical (unpaired) electrons. The lowest BCUT2D eigenvalue weighted by Crippen LogP contribution is -1.86. The van der Waals surface area contributed by atoms with Crippen LogP contribution >= 0.6 is 23.1 Å². The van der Waals surface area contributed by atoms with Gasteiger partial charge >= 0.3 is 0 Å². The van der Waals surface area contributed by atoms with Crippen LogP contribution in [-0.4, -0.2) is 9.36 Å². The van der Waals surface area contributed by atoms with Gasteiger partial charge in [0.05, 0.1) is 11.8 Å². The second-order valence-corrected chi connectivity index (χ2v) is 4.71. The molecule has 0 unspecified atom stereocenters. The minimum atomic E-state index is -0.439. The van der Waals surface area contributed by atoms with Gasteiger partial charge in [-0.3, -0.25) is 0 Å². The number of furan rings is 1. The fourth-order valence-corrected chi connectivity index (χ4v) is 2.31. The maximum atomic E-state index is 13.7. The Kier molecular flexibility index (Phi) is 2.85. The predicted molar refractivity (Wildman–Crippen MR) is 68.0 cm³/mol. The molecule has 0 aliphatic heterocycles. The van der Waals surface area contributed by atoms with Crippen molar-refractivity contribution in [2.24, 2.45) is 0 Å². The van der Waals surface area contributed by atoms with Gasteiger partial charge in [0.25, 0.3) is 0 Å². The summed E-state index contributed by atoms with van der Waals surface area (Å²) in [5.41, 5.74) is 0.327. The highest BCUT2D eigenvalue weighted by atomic mass is 35.5. The third-order valence-electron chi connectivity index (χ3n) is 2.33. The standard InChI is InChI=1S/C12H6ClFN2OS/c13-7-3-4-8(9(14)6-7)11-15-12(18-16-11)10-2-1-5-17-10/h1-6H.